The number of hydrogen-bond donors (Lipinski definition) is 0. The van der Waals surface area contributed by atoms with Crippen LogP contribution >= 0.6 is 13.5 Å². The molecule has 0 spiro atoms. The highest BCUT2D eigenvalue weighted by Gasteiger charge is 2.38. The number of aromatic nitrogens is 3. The number of rotatable bonds is 6. The molecule has 3 aromatic rings. The summed E-state index contributed by atoms with van der Waals surface area (Å²) in [6.07, 6.45) is 2.56. The molecular weight excluding hydrogens is 464 g/mol. The van der Waals surface area contributed by atoms with Gasteiger partial charge in [-0.25, -0.2) is 9.97 Å². The first-order chi connectivity index (χ1) is 15.7. The minimum absolute atomic E-state index is 0. The Balaban J connectivity index is 0.00000324. The van der Waals surface area contributed by atoms with Crippen molar-refractivity contribution in [2.24, 2.45) is 0 Å². The average Bonchev–Trinajstić information content (AvgIpc) is 2.81. The highest BCUT2D eigenvalue weighted by Crippen LogP contribution is 2.28. The number of pyridine rings is 1. The Hall–Kier alpha value is -3.05. The minimum atomic E-state index is -3.42. The van der Waals surface area contributed by atoms with Crippen molar-refractivity contribution in [1.29, 1.82) is 0 Å². The van der Waals surface area contributed by atoms with E-state index in [-0.39, 0.29) is 45.7 Å². The second-order valence-corrected chi connectivity index (χ2v) is 8.12. The van der Waals surface area contributed by atoms with Crippen LogP contribution in [0.3, 0.4) is 0 Å². The molecule has 1 atom stereocenters. The Morgan fingerprint density at radius 3 is 2.62 bits per heavy atom. The van der Waals surface area contributed by atoms with Crippen LogP contribution in [0.2, 0.25) is 0 Å². The lowest BCUT2D eigenvalue weighted by Crippen LogP contribution is -2.52. The molecule has 8 nitrogen and oxygen atoms in total. The van der Waals surface area contributed by atoms with E-state index in [1.165, 1.54) is 0 Å². The van der Waals surface area contributed by atoms with E-state index in [0.29, 0.717) is 23.7 Å². The highest BCUT2D eigenvalue weighted by molar-refractivity contribution is 7.59. The van der Waals surface area contributed by atoms with Crippen molar-refractivity contribution in [2.75, 3.05) is 45.3 Å². The minimum Gasteiger partial charge on any atom is -0.473 e. The van der Waals surface area contributed by atoms with Gasteiger partial charge in [0.1, 0.15) is 12.7 Å². The van der Waals surface area contributed by atoms with Crippen LogP contribution in [0.4, 0.5) is 14.5 Å². The molecule has 1 saturated heterocycles. The molecule has 3 heterocycles. The Morgan fingerprint density at radius 1 is 1.24 bits per heavy atom. The van der Waals surface area contributed by atoms with E-state index >= 15 is 0 Å². The number of nitrogens with zero attached hydrogens (tertiary/aromatic N) is 5. The molecule has 182 valence electrons. The summed E-state index contributed by atoms with van der Waals surface area (Å²) in [4.78, 5) is 28.4. The standard InChI is InChI=1S/C23H25F2N5O3.H2S/c1-23(24,25)22(31)30-10-11-32-17(13-30)14-33-21-20-19(26-8-9-27-20)12-18(28-21)15-4-6-16(7-5-15)29(2)3;/h4-9,12,17H,10-11,13-14H2,1-3H3;1H2/t17-;/m0./s1. The number of fused-ring (bicyclic) bond motifs is 1. The lowest BCUT2D eigenvalue weighted by atomic mass is 10.1. The van der Waals surface area contributed by atoms with E-state index in [4.69, 9.17) is 9.47 Å². The van der Waals surface area contributed by atoms with Crippen molar-refractivity contribution < 1.29 is 23.0 Å². The predicted octanol–water partition coefficient (Wildman–Crippen LogP) is 3.13. The fourth-order valence-corrected chi connectivity index (χ4v) is 3.58. The smallest absolute Gasteiger partial charge is 0.322 e. The summed E-state index contributed by atoms with van der Waals surface area (Å²) < 4.78 is 38.4. The van der Waals surface area contributed by atoms with E-state index in [1.807, 2.05) is 49.3 Å². The summed E-state index contributed by atoms with van der Waals surface area (Å²) >= 11 is 0. The topological polar surface area (TPSA) is 80.7 Å². The van der Waals surface area contributed by atoms with Crippen molar-refractivity contribution >= 4 is 36.1 Å². The van der Waals surface area contributed by atoms with Gasteiger partial charge in [-0.1, -0.05) is 12.1 Å². The van der Waals surface area contributed by atoms with Crippen molar-refractivity contribution in [3.05, 3.63) is 42.7 Å². The Labute approximate surface area is 203 Å². The van der Waals surface area contributed by atoms with Gasteiger partial charge in [0.25, 0.3) is 5.91 Å². The Morgan fingerprint density at radius 2 is 1.94 bits per heavy atom. The maximum atomic E-state index is 13.4. The summed E-state index contributed by atoms with van der Waals surface area (Å²) in [5.74, 6) is -4.37. The molecule has 0 saturated carbocycles. The van der Waals surface area contributed by atoms with Crippen molar-refractivity contribution in [3.8, 4) is 17.1 Å². The van der Waals surface area contributed by atoms with Crippen LogP contribution in [-0.4, -0.2) is 78.2 Å². The second-order valence-electron chi connectivity index (χ2n) is 8.12. The van der Waals surface area contributed by atoms with E-state index < -0.39 is 17.9 Å². The molecule has 0 bridgehead atoms. The van der Waals surface area contributed by atoms with Crippen molar-refractivity contribution in [2.45, 2.75) is 19.0 Å². The van der Waals surface area contributed by atoms with Gasteiger partial charge >= 0.3 is 5.92 Å². The maximum absolute atomic E-state index is 13.4. The van der Waals surface area contributed by atoms with Crippen molar-refractivity contribution in [1.82, 2.24) is 19.9 Å². The van der Waals surface area contributed by atoms with Gasteiger partial charge in [-0.05, 0) is 18.2 Å². The van der Waals surface area contributed by atoms with E-state index in [0.717, 1.165) is 16.2 Å². The van der Waals surface area contributed by atoms with Gasteiger partial charge in [0.05, 0.1) is 24.4 Å². The van der Waals surface area contributed by atoms with Crippen molar-refractivity contribution in [3.63, 3.8) is 0 Å². The third-order valence-corrected chi connectivity index (χ3v) is 5.31. The molecule has 1 amide bonds. The lowest BCUT2D eigenvalue weighted by Gasteiger charge is -2.33. The van der Waals surface area contributed by atoms with Gasteiger partial charge < -0.3 is 19.3 Å². The number of alkyl halides is 2. The number of carbonyl (C=O) groups excluding carboxylic acids is 1. The fraction of sp³-hybridized carbons (Fsp3) is 0.391. The first kappa shape index (κ1) is 25.6. The molecule has 1 aliphatic heterocycles. The summed E-state index contributed by atoms with van der Waals surface area (Å²) in [6, 6.07) is 9.73. The summed E-state index contributed by atoms with van der Waals surface area (Å²) in [5.41, 5.74) is 3.70. The zero-order valence-corrected chi connectivity index (χ0v) is 20.2. The van der Waals surface area contributed by atoms with Crippen LogP contribution in [-0.2, 0) is 9.53 Å². The quantitative estimate of drug-likeness (QED) is 0.524. The molecular formula is C23H27F2N5O3S. The second kappa shape index (κ2) is 10.5. The van der Waals surface area contributed by atoms with Gasteiger partial charge in [0.15, 0.2) is 5.52 Å². The molecule has 4 rings (SSSR count). The van der Waals surface area contributed by atoms with E-state index in [2.05, 4.69) is 15.0 Å². The predicted molar refractivity (Wildman–Crippen MR) is 130 cm³/mol. The van der Waals surface area contributed by atoms with Gasteiger partial charge in [0.2, 0.25) is 5.88 Å². The molecule has 2 aromatic heterocycles. The molecule has 0 unspecified atom stereocenters. The fourth-order valence-electron chi connectivity index (χ4n) is 3.58. The summed E-state index contributed by atoms with van der Waals surface area (Å²) in [6.45, 7) is 0.909. The summed E-state index contributed by atoms with van der Waals surface area (Å²) in [5, 5.41) is 0. The number of anilines is 1. The SMILES string of the molecule is CN(C)c1ccc(-c2cc3nccnc3c(OC[C@@H]3CN(C(=O)C(C)(F)F)CCO3)n2)cc1.S. The Bertz CT molecular complexity index is 1140. The largest absolute Gasteiger partial charge is 0.473 e. The molecule has 0 N–H and O–H groups in total. The van der Waals surface area contributed by atoms with Gasteiger partial charge in [-0.2, -0.15) is 22.3 Å². The van der Waals surface area contributed by atoms with Gasteiger partial charge in [-0.15, -0.1) is 0 Å². The molecule has 1 aliphatic rings. The van der Waals surface area contributed by atoms with E-state index in [9.17, 15) is 13.6 Å². The molecule has 0 radical (unpaired) electrons. The number of ether oxygens (including phenoxy) is 2. The molecule has 1 aromatic carbocycles. The number of halogens is 2. The van der Waals surface area contributed by atoms with Crippen LogP contribution in [0, 0.1) is 0 Å². The third kappa shape index (κ3) is 5.71. The number of hydrogen-bond acceptors (Lipinski definition) is 7. The molecule has 34 heavy (non-hydrogen) atoms. The highest BCUT2D eigenvalue weighted by atomic mass is 32.1. The zero-order valence-electron chi connectivity index (χ0n) is 19.2. The maximum Gasteiger partial charge on any atom is 0.322 e. The first-order valence-electron chi connectivity index (χ1n) is 10.5. The molecule has 1 fully saturated rings. The zero-order chi connectivity index (χ0) is 23.6. The normalized spacial score (nSPS) is 16.1. The molecule has 11 heteroatoms. The van der Waals surface area contributed by atoms with Crippen LogP contribution < -0.4 is 9.64 Å². The monoisotopic (exact) mass is 491 g/mol. The lowest BCUT2D eigenvalue weighted by molar-refractivity contribution is -0.162. The first-order valence-corrected chi connectivity index (χ1v) is 10.5. The van der Waals surface area contributed by atoms with E-state index in [1.54, 1.807) is 12.4 Å². The summed E-state index contributed by atoms with van der Waals surface area (Å²) in [7, 11) is 3.93. The van der Waals surface area contributed by atoms with Gasteiger partial charge in [0, 0.05) is 51.2 Å². The number of amides is 1. The number of carbonyl (C=O) groups is 1. The average molecular weight is 492 g/mol. The number of morpholine rings is 1. The Kier molecular flexibility index (Phi) is 7.88. The van der Waals surface area contributed by atoms with Crippen LogP contribution in [0.15, 0.2) is 42.7 Å². The van der Waals surface area contributed by atoms with Crippen LogP contribution in [0.1, 0.15) is 6.92 Å². The third-order valence-electron chi connectivity index (χ3n) is 5.31. The van der Waals surface area contributed by atoms with Crippen LogP contribution in [0.5, 0.6) is 5.88 Å². The van der Waals surface area contributed by atoms with Crippen LogP contribution in [0.25, 0.3) is 22.3 Å². The molecule has 0 aliphatic carbocycles. The number of benzene rings is 1. The van der Waals surface area contributed by atoms with Gasteiger partial charge in [-0.3, -0.25) is 9.78 Å².